The van der Waals surface area contributed by atoms with Crippen LogP contribution in [-0.2, 0) is 14.3 Å². The summed E-state index contributed by atoms with van der Waals surface area (Å²) >= 11 is 0. The summed E-state index contributed by atoms with van der Waals surface area (Å²) in [6.07, 6.45) is -0.0589. The van der Waals surface area contributed by atoms with Crippen molar-refractivity contribution in [3.05, 3.63) is 0 Å². The van der Waals surface area contributed by atoms with E-state index in [9.17, 15) is 4.79 Å². The van der Waals surface area contributed by atoms with Crippen LogP contribution in [0.5, 0.6) is 0 Å². The van der Waals surface area contributed by atoms with E-state index in [4.69, 9.17) is 9.47 Å². The first-order chi connectivity index (χ1) is 6.33. The number of hydrogen-bond donors (Lipinski definition) is 2. The lowest BCUT2D eigenvalue weighted by Crippen LogP contribution is -2.43. The van der Waals surface area contributed by atoms with Gasteiger partial charge in [-0.05, 0) is 0 Å². The van der Waals surface area contributed by atoms with Crippen molar-refractivity contribution in [3.63, 3.8) is 0 Å². The second-order valence-corrected chi connectivity index (χ2v) is 2.58. The molecule has 1 heterocycles. The highest BCUT2D eigenvalue weighted by atomic mass is 16.6. The molecule has 1 unspecified atom stereocenters. The fraction of sp³-hybridized carbons (Fsp3) is 0.857. The SMILES string of the molecule is CONC(=O)NCC1COCCO1. The third-order valence-electron chi connectivity index (χ3n) is 1.57. The standard InChI is InChI=1S/C7H14N2O4/c1-11-9-7(10)8-4-6-5-12-2-3-13-6/h6H,2-5H2,1H3,(H2,8,9,10). The second kappa shape index (κ2) is 5.74. The molecule has 6 nitrogen and oxygen atoms in total. The molecule has 2 N–H and O–H groups in total. The Labute approximate surface area is 76.5 Å². The van der Waals surface area contributed by atoms with Crippen LogP contribution in [0.2, 0.25) is 0 Å². The van der Waals surface area contributed by atoms with Crippen molar-refractivity contribution in [2.45, 2.75) is 6.10 Å². The molecule has 1 fully saturated rings. The van der Waals surface area contributed by atoms with Crippen molar-refractivity contribution in [1.82, 2.24) is 10.8 Å². The van der Waals surface area contributed by atoms with Crippen LogP contribution in [0.1, 0.15) is 0 Å². The maximum atomic E-state index is 10.8. The molecule has 0 bridgehead atoms. The lowest BCUT2D eigenvalue weighted by molar-refractivity contribution is -0.0856. The van der Waals surface area contributed by atoms with Gasteiger partial charge in [0.1, 0.15) is 0 Å². The number of hydrogen-bond acceptors (Lipinski definition) is 4. The zero-order valence-electron chi connectivity index (χ0n) is 7.54. The molecular weight excluding hydrogens is 176 g/mol. The van der Waals surface area contributed by atoms with Gasteiger partial charge in [-0.25, -0.2) is 10.3 Å². The minimum Gasteiger partial charge on any atom is -0.376 e. The van der Waals surface area contributed by atoms with Gasteiger partial charge in [-0.2, -0.15) is 0 Å². The topological polar surface area (TPSA) is 68.8 Å². The Bertz CT molecular complexity index is 159. The predicted octanol–water partition coefficient (Wildman–Crippen LogP) is -0.738. The monoisotopic (exact) mass is 190 g/mol. The molecule has 1 rings (SSSR count). The number of carbonyl (C=O) groups is 1. The maximum absolute atomic E-state index is 10.8. The molecule has 76 valence electrons. The Kier molecular flexibility index (Phi) is 4.52. The molecule has 6 heteroatoms. The van der Waals surface area contributed by atoms with Gasteiger partial charge in [-0.15, -0.1) is 0 Å². The van der Waals surface area contributed by atoms with Crippen LogP contribution in [-0.4, -0.2) is 45.6 Å². The molecule has 0 radical (unpaired) electrons. The lowest BCUT2D eigenvalue weighted by atomic mass is 10.3. The number of urea groups is 1. The summed E-state index contributed by atoms with van der Waals surface area (Å²) < 4.78 is 10.4. The molecular formula is C7H14N2O4. The molecule has 0 spiro atoms. The van der Waals surface area contributed by atoms with Gasteiger partial charge in [0.15, 0.2) is 0 Å². The molecule has 0 aromatic rings. The fourth-order valence-corrected chi connectivity index (χ4v) is 0.990. The van der Waals surface area contributed by atoms with Gasteiger partial charge in [0.25, 0.3) is 0 Å². The van der Waals surface area contributed by atoms with Gasteiger partial charge >= 0.3 is 6.03 Å². The third-order valence-corrected chi connectivity index (χ3v) is 1.57. The molecule has 0 aliphatic carbocycles. The van der Waals surface area contributed by atoms with Crippen molar-refractivity contribution in [1.29, 1.82) is 0 Å². The Balaban J connectivity index is 2.06. The first-order valence-electron chi connectivity index (χ1n) is 4.09. The van der Waals surface area contributed by atoms with E-state index in [-0.39, 0.29) is 12.1 Å². The molecule has 1 aliphatic heterocycles. The Morgan fingerprint density at radius 3 is 3.08 bits per heavy atom. The van der Waals surface area contributed by atoms with Crippen LogP contribution in [0.25, 0.3) is 0 Å². The summed E-state index contributed by atoms with van der Waals surface area (Å²) in [4.78, 5) is 15.3. The summed E-state index contributed by atoms with van der Waals surface area (Å²) in [5, 5.41) is 2.57. The number of carbonyl (C=O) groups excluding carboxylic acids is 1. The highest BCUT2D eigenvalue weighted by molar-refractivity contribution is 5.72. The van der Waals surface area contributed by atoms with E-state index in [1.165, 1.54) is 7.11 Å². The third kappa shape index (κ3) is 4.07. The number of rotatable bonds is 3. The quantitative estimate of drug-likeness (QED) is 0.575. The summed E-state index contributed by atoms with van der Waals surface area (Å²) in [6.45, 7) is 2.15. The van der Waals surface area contributed by atoms with Crippen molar-refractivity contribution in [2.24, 2.45) is 0 Å². The van der Waals surface area contributed by atoms with Crippen LogP contribution in [0.3, 0.4) is 0 Å². The van der Waals surface area contributed by atoms with Crippen molar-refractivity contribution in [3.8, 4) is 0 Å². The number of nitrogens with one attached hydrogen (secondary N) is 2. The summed E-state index contributed by atoms with van der Waals surface area (Å²) in [6, 6.07) is -0.378. The van der Waals surface area contributed by atoms with E-state index in [1.807, 2.05) is 0 Å². The minimum atomic E-state index is -0.378. The first kappa shape index (κ1) is 10.2. The first-order valence-corrected chi connectivity index (χ1v) is 4.09. The van der Waals surface area contributed by atoms with E-state index in [0.717, 1.165) is 0 Å². The van der Waals surface area contributed by atoms with Gasteiger partial charge in [-0.3, -0.25) is 4.84 Å². The largest absolute Gasteiger partial charge is 0.376 e. The van der Waals surface area contributed by atoms with Gasteiger partial charge in [0, 0.05) is 6.54 Å². The second-order valence-electron chi connectivity index (χ2n) is 2.58. The number of ether oxygens (including phenoxy) is 2. The predicted molar refractivity (Wildman–Crippen MR) is 44.1 cm³/mol. The number of hydroxylamine groups is 1. The summed E-state index contributed by atoms with van der Waals surface area (Å²) in [5.74, 6) is 0. The Morgan fingerprint density at radius 2 is 2.46 bits per heavy atom. The lowest BCUT2D eigenvalue weighted by Gasteiger charge is -2.22. The zero-order valence-corrected chi connectivity index (χ0v) is 7.54. The zero-order chi connectivity index (χ0) is 9.52. The van der Waals surface area contributed by atoms with Crippen molar-refractivity contribution in [2.75, 3.05) is 33.5 Å². The van der Waals surface area contributed by atoms with Gasteiger partial charge in [0.2, 0.25) is 0 Å². The average molecular weight is 190 g/mol. The van der Waals surface area contributed by atoms with Gasteiger partial charge < -0.3 is 14.8 Å². The average Bonchev–Trinajstić information content (AvgIpc) is 2.17. The summed E-state index contributed by atoms with van der Waals surface area (Å²) in [7, 11) is 1.37. The minimum absolute atomic E-state index is 0.0589. The number of amides is 2. The highest BCUT2D eigenvalue weighted by Gasteiger charge is 2.14. The smallest absolute Gasteiger partial charge is 0.338 e. The highest BCUT2D eigenvalue weighted by Crippen LogP contribution is 1.98. The Hall–Kier alpha value is -0.850. The Morgan fingerprint density at radius 1 is 1.62 bits per heavy atom. The summed E-state index contributed by atoms with van der Waals surface area (Å²) in [5.41, 5.74) is 2.14. The van der Waals surface area contributed by atoms with Crippen LogP contribution < -0.4 is 10.8 Å². The molecule has 0 aromatic carbocycles. The van der Waals surface area contributed by atoms with Crippen LogP contribution in [0, 0.1) is 0 Å². The van der Waals surface area contributed by atoms with Gasteiger partial charge in [0.05, 0.1) is 33.0 Å². The van der Waals surface area contributed by atoms with E-state index < -0.39 is 0 Å². The van der Waals surface area contributed by atoms with Crippen LogP contribution >= 0.6 is 0 Å². The van der Waals surface area contributed by atoms with Crippen LogP contribution in [0.15, 0.2) is 0 Å². The van der Waals surface area contributed by atoms with Gasteiger partial charge in [-0.1, -0.05) is 0 Å². The maximum Gasteiger partial charge on any atom is 0.338 e. The molecule has 0 saturated carbocycles. The molecule has 1 aliphatic rings. The fourth-order valence-electron chi connectivity index (χ4n) is 0.990. The molecule has 2 amide bonds. The van der Waals surface area contributed by atoms with E-state index >= 15 is 0 Å². The molecule has 0 aromatic heterocycles. The molecule has 1 atom stereocenters. The van der Waals surface area contributed by atoms with Crippen molar-refractivity contribution < 1.29 is 19.1 Å². The molecule has 1 saturated heterocycles. The van der Waals surface area contributed by atoms with E-state index in [1.54, 1.807) is 0 Å². The van der Waals surface area contributed by atoms with E-state index in [0.29, 0.717) is 26.4 Å². The normalized spacial score (nSPS) is 22.4. The van der Waals surface area contributed by atoms with E-state index in [2.05, 4.69) is 15.6 Å². The molecule has 13 heavy (non-hydrogen) atoms. The van der Waals surface area contributed by atoms with Crippen molar-refractivity contribution >= 4 is 6.03 Å². The van der Waals surface area contributed by atoms with Crippen LogP contribution in [0.4, 0.5) is 4.79 Å².